The molecular weight excluding hydrogens is 660 g/mol. The van der Waals surface area contributed by atoms with Crippen molar-refractivity contribution in [3.8, 4) is 0 Å². The van der Waals surface area contributed by atoms with Gasteiger partial charge in [-0.25, -0.2) is 19.2 Å². The quantitative estimate of drug-likeness (QED) is 0.0402. The standard InChI is InChI=1S/C28H44N6O15/c1-14(35)31-16(25(42)43)6-10-21(37)33-18(27(46)47)8-12-23(39)34-19(28(48)49)7-11-22(38)32-17(26(44)45)5-9-20(36)30-13-3-2-4-15(29)24(40)41/h15-19H,2-13,29H2,1H3,(H,30,36)(H,31,35)(H,32,38)(H,33,37)(H,34,39)(H,40,41)(H,42,43)(H,44,45)(H,46,47)(H,48,49). The predicted octanol–water partition coefficient (Wildman–Crippen LogP) is -2.90. The smallest absolute Gasteiger partial charge is 0.326 e. The number of unbranched alkanes of at least 4 members (excludes halogenated alkanes) is 1. The molecule has 0 fully saturated rings. The third-order valence-corrected chi connectivity index (χ3v) is 6.80. The average molecular weight is 705 g/mol. The fourth-order valence-electron chi connectivity index (χ4n) is 4.11. The van der Waals surface area contributed by atoms with Crippen LogP contribution < -0.4 is 32.3 Å². The summed E-state index contributed by atoms with van der Waals surface area (Å²) in [5, 5.41) is 57.1. The van der Waals surface area contributed by atoms with Gasteiger partial charge in [0.15, 0.2) is 0 Å². The SMILES string of the molecule is CC(=O)NC(CCC(=O)NC(CCC(=O)NC(CCC(=O)NC(CCC(=O)NCCCCC(N)C(=O)O)C(=O)O)C(=O)O)C(=O)O)C(=O)O. The Hall–Kier alpha value is -5.34. The molecule has 12 N–H and O–H groups in total. The molecule has 0 heterocycles. The van der Waals surface area contributed by atoms with Crippen LogP contribution in [-0.2, 0) is 47.9 Å². The van der Waals surface area contributed by atoms with Crippen molar-refractivity contribution in [2.75, 3.05) is 6.54 Å². The Kier molecular flexibility index (Phi) is 20.5. The molecule has 0 aliphatic rings. The van der Waals surface area contributed by atoms with E-state index >= 15 is 0 Å². The van der Waals surface area contributed by atoms with Crippen molar-refractivity contribution in [1.82, 2.24) is 26.6 Å². The minimum absolute atomic E-state index is 0.194. The molecule has 0 saturated carbocycles. The van der Waals surface area contributed by atoms with Crippen LogP contribution in [0.4, 0.5) is 0 Å². The van der Waals surface area contributed by atoms with Crippen molar-refractivity contribution in [3.63, 3.8) is 0 Å². The van der Waals surface area contributed by atoms with Gasteiger partial charge in [-0.3, -0.25) is 28.8 Å². The van der Waals surface area contributed by atoms with Crippen LogP contribution >= 0.6 is 0 Å². The molecule has 0 aliphatic heterocycles. The molecule has 5 atom stereocenters. The van der Waals surface area contributed by atoms with Crippen molar-refractivity contribution < 1.29 is 73.5 Å². The Labute approximate surface area is 279 Å². The number of carbonyl (C=O) groups is 10. The molecule has 5 amide bonds. The molecule has 0 radical (unpaired) electrons. The van der Waals surface area contributed by atoms with Crippen LogP contribution in [0.2, 0.25) is 0 Å². The van der Waals surface area contributed by atoms with Gasteiger partial charge in [0.05, 0.1) is 0 Å². The molecule has 0 aromatic heterocycles. The van der Waals surface area contributed by atoms with Gasteiger partial charge < -0.3 is 57.9 Å². The zero-order valence-corrected chi connectivity index (χ0v) is 26.8. The maximum Gasteiger partial charge on any atom is 0.326 e. The topological polar surface area (TPSA) is 358 Å². The summed E-state index contributed by atoms with van der Waals surface area (Å²) in [4.78, 5) is 117. The van der Waals surface area contributed by atoms with Crippen LogP contribution in [0.1, 0.15) is 77.6 Å². The predicted molar refractivity (Wildman–Crippen MR) is 163 cm³/mol. The van der Waals surface area contributed by atoms with Crippen LogP contribution in [-0.4, -0.2) is 122 Å². The summed E-state index contributed by atoms with van der Waals surface area (Å²) in [7, 11) is 0. The molecule has 0 aromatic carbocycles. The molecule has 49 heavy (non-hydrogen) atoms. The van der Waals surface area contributed by atoms with E-state index < -0.39 is 122 Å². The maximum atomic E-state index is 12.4. The summed E-state index contributed by atoms with van der Waals surface area (Å²) < 4.78 is 0. The van der Waals surface area contributed by atoms with Gasteiger partial charge in [0.2, 0.25) is 29.5 Å². The number of hydrogen-bond acceptors (Lipinski definition) is 11. The van der Waals surface area contributed by atoms with Crippen molar-refractivity contribution in [2.45, 2.75) is 108 Å². The summed E-state index contributed by atoms with van der Waals surface area (Å²) in [6.07, 6.45) is -2.42. The Morgan fingerprint density at radius 1 is 0.469 bits per heavy atom. The van der Waals surface area contributed by atoms with Crippen molar-refractivity contribution in [2.24, 2.45) is 5.73 Å². The lowest BCUT2D eigenvalue weighted by atomic mass is 10.1. The summed E-state index contributed by atoms with van der Waals surface area (Å²) in [5.41, 5.74) is 5.38. The Balaban J connectivity index is 4.79. The van der Waals surface area contributed by atoms with Gasteiger partial charge in [-0.05, 0) is 44.9 Å². The highest BCUT2D eigenvalue weighted by Crippen LogP contribution is 2.06. The molecule has 21 heteroatoms. The van der Waals surface area contributed by atoms with Crippen molar-refractivity contribution in [3.05, 3.63) is 0 Å². The van der Waals surface area contributed by atoms with E-state index in [2.05, 4.69) is 26.6 Å². The average Bonchev–Trinajstić information content (AvgIpc) is 3.00. The molecule has 0 aliphatic carbocycles. The molecular formula is C28H44N6O15. The Morgan fingerprint density at radius 2 is 0.796 bits per heavy atom. The molecule has 0 spiro atoms. The highest BCUT2D eigenvalue weighted by Gasteiger charge is 2.27. The van der Waals surface area contributed by atoms with Crippen molar-refractivity contribution in [1.29, 1.82) is 0 Å². The number of carboxylic acid groups (broad SMARTS) is 5. The van der Waals surface area contributed by atoms with Gasteiger partial charge in [-0.1, -0.05) is 0 Å². The van der Waals surface area contributed by atoms with Crippen LogP contribution in [0.15, 0.2) is 0 Å². The minimum Gasteiger partial charge on any atom is -0.480 e. The zero-order valence-electron chi connectivity index (χ0n) is 26.8. The number of carbonyl (C=O) groups excluding carboxylic acids is 5. The lowest BCUT2D eigenvalue weighted by Gasteiger charge is -2.18. The summed E-state index contributed by atoms with van der Waals surface area (Å²) >= 11 is 0. The van der Waals surface area contributed by atoms with Gasteiger partial charge >= 0.3 is 29.8 Å². The Bertz CT molecular complexity index is 1230. The van der Waals surface area contributed by atoms with E-state index in [9.17, 15) is 63.3 Å². The van der Waals surface area contributed by atoms with Crippen molar-refractivity contribution >= 4 is 59.4 Å². The van der Waals surface area contributed by atoms with E-state index in [1.807, 2.05) is 0 Å². The van der Waals surface area contributed by atoms with Gasteiger partial charge in [-0.2, -0.15) is 0 Å². The third kappa shape index (κ3) is 20.5. The number of nitrogens with two attached hydrogens (primary N) is 1. The normalized spacial score (nSPS) is 13.7. The van der Waals surface area contributed by atoms with E-state index in [1.54, 1.807) is 0 Å². The first-order valence-electron chi connectivity index (χ1n) is 15.1. The molecule has 0 aromatic rings. The van der Waals surface area contributed by atoms with Crippen LogP contribution in [0.25, 0.3) is 0 Å². The summed E-state index contributed by atoms with van der Waals surface area (Å²) in [5.74, 6) is -11.0. The first-order chi connectivity index (χ1) is 22.8. The number of nitrogens with one attached hydrogen (secondary N) is 5. The highest BCUT2D eigenvalue weighted by molar-refractivity contribution is 5.88. The van der Waals surface area contributed by atoms with Crippen LogP contribution in [0.3, 0.4) is 0 Å². The lowest BCUT2D eigenvalue weighted by molar-refractivity contribution is -0.144. The fraction of sp³-hybridized carbons (Fsp3) is 0.643. The second-order valence-corrected chi connectivity index (χ2v) is 10.9. The zero-order chi connectivity index (χ0) is 37.7. The van der Waals surface area contributed by atoms with Gasteiger partial charge in [-0.15, -0.1) is 0 Å². The summed E-state index contributed by atoms with van der Waals surface area (Å²) in [6, 6.07) is -7.14. The maximum absolute atomic E-state index is 12.4. The fourth-order valence-corrected chi connectivity index (χ4v) is 4.11. The monoisotopic (exact) mass is 704 g/mol. The number of carboxylic acids is 5. The van der Waals surface area contributed by atoms with Crippen LogP contribution in [0, 0.1) is 0 Å². The number of rotatable bonds is 26. The number of amides is 5. The van der Waals surface area contributed by atoms with E-state index in [4.69, 9.17) is 15.9 Å². The number of aliphatic carboxylic acids is 5. The van der Waals surface area contributed by atoms with Gasteiger partial charge in [0, 0.05) is 39.2 Å². The minimum atomic E-state index is -1.63. The molecule has 5 unspecified atom stereocenters. The highest BCUT2D eigenvalue weighted by atomic mass is 16.4. The lowest BCUT2D eigenvalue weighted by Crippen LogP contribution is -2.45. The van der Waals surface area contributed by atoms with E-state index in [0.717, 1.165) is 6.92 Å². The van der Waals surface area contributed by atoms with Gasteiger partial charge in [0.25, 0.3) is 0 Å². The Morgan fingerprint density at radius 3 is 1.10 bits per heavy atom. The molecule has 276 valence electrons. The molecule has 0 saturated heterocycles. The first kappa shape index (κ1) is 43.7. The molecule has 0 rings (SSSR count). The van der Waals surface area contributed by atoms with E-state index in [0.29, 0.717) is 12.8 Å². The van der Waals surface area contributed by atoms with Crippen LogP contribution in [0.5, 0.6) is 0 Å². The van der Waals surface area contributed by atoms with Gasteiger partial charge in [0.1, 0.15) is 30.2 Å². The van der Waals surface area contributed by atoms with E-state index in [1.165, 1.54) is 0 Å². The second-order valence-electron chi connectivity index (χ2n) is 10.9. The first-order valence-corrected chi connectivity index (χ1v) is 15.1. The summed E-state index contributed by atoms with van der Waals surface area (Å²) in [6.45, 7) is 1.27. The largest absolute Gasteiger partial charge is 0.480 e. The molecule has 0 bridgehead atoms. The third-order valence-electron chi connectivity index (χ3n) is 6.80. The van der Waals surface area contributed by atoms with E-state index in [-0.39, 0.29) is 32.2 Å². The molecule has 21 nitrogen and oxygen atoms in total. The number of hydrogen-bond donors (Lipinski definition) is 11. The second kappa shape index (κ2) is 23.1.